The van der Waals surface area contributed by atoms with Gasteiger partial charge in [-0.15, -0.1) is 0 Å². The van der Waals surface area contributed by atoms with Crippen molar-refractivity contribution < 1.29 is 9.53 Å². The van der Waals surface area contributed by atoms with Gasteiger partial charge in [-0.1, -0.05) is 15.9 Å². The molecule has 0 unspecified atom stereocenters. The van der Waals surface area contributed by atoms with E-state index in [2.05, 4.69) is 42.2 Å². The highest BCUT2D eigenvalue weighted by Gasteiger charge is 2.14. The smallest absolute Gasteiger partial charge is 0.260 e. The summed E-state index contributed by atoms with van der Waals surface area (Å²) in [5, 5.41) is 2.78. The lowest BCUT2D eigenvalue weighted by Gasteiger charge is -2.10. The van der Waals surface area contributed by atoms with Gasteiger partial charge < -0.3 is 10.1 Å². The zero-order valence-electron chi connectivity index (χ0n) is 10.9. The van der Waals surface area contributed by atoms with Gasteiger partial charge >= 0.3 is 0 Å². The molecular formula is C14H12Br2N2O2. The number of aromatic nitrogens is 1. The summed E-state index contributed by atoms with van der Waals surface area (Å²) in [7, 11) is 1.53. The molecular weight excluding hydrogens is 388 g/mol. The number of rotatable bonds is 3. The second kappa shape index (κ2) is 6.37. The van der Waals surface area contributed by atoms with E-state index in [1.54, 1.807) is 24.4 Å². The summed E-state index contributed by atoms with van der Waals surface area (Å²) in [6.07, 6.45) is 1.64. The molecule has 1 N–H and O–H groups in total. The maximum atomic E-state index is 12.3. The van der Waals surface area contributed by atoms with Gasteiger partial charge in [0.2, 0.25) is 0 Å². The van der Waals surface area contributed by atoms with Crippen LogP contribution in [0.1, 0.15) is 15.9 Å². The number of carbonyl (C=O) groups excluding carboxylic acids is 1. The largest absolute Gasteiger partial charge is 0.496 e. The van der Waals surface area contributed by atoms with Crippen LogP contribution in [0.15, 0.2) is 39.4 Å². The molecule has 0 saturated carbocycles. The maximum absolute atomic E-state index is 12.3. The Bertz CT molecular complexity index is 660. The zero-order chi connectivity index (χ0) is 14.7. The Labute approximate surface area is 133 Å². The minimum absolute atomic E-state index is 0.257. The predicted molar refractivity (Wildman–Crippen MR) is 85.3 cm³/mol. The molecule has 20 heavy (non-hydrogen) atoms. The molecule has 0 spiro atoms. The molecule has 0 bridgehead atoms. The molecule has 1 aromatic heterocycles. The summed E-state index contributed by atoms with van der Waals surface area (Å²) >= 11 is 6.68. The van der Waals surface area contributed by atoms with Crippen molar-refractivity contribution >= 4 is 43.6 Å². The van der Waals surface area contributed by atoms with E-state index in [0.717, 1.165) is 14.5 Å². The molecule has 2 aromatic rings. The first-order valence-electron chi connectivity index (χ1n) is 5.78. The van der Waals surface area contributed by atoms with Crippen molar-refractivity contribution in [2.75, 3.05) is 12.4 Å². The fourth-order valence-electron chi connectivity index (χ4n) is 1.70. The zero-order valence-corrected chi connectivity index (χ0v) is 14.1. The van der Waals surface area contributed by atoms with Gasteiger partial charge in [-0.25, -0.2) is 4.98 Å². The molecule has 0 aliphatic carbocycles. The Morgan fingerprint density at radius 1 is 1.25 bits per heavy atom. The van der Waals surface area contributed by atoms with Crippen LogP contribution in [0.4, 0.5) is 5.82 Å². The van der Waals surface area contributed by atoms with E-state index < -0.39 is 0 Å². The Balaban J connectivity index is 2.28. The van der Waals surface area contributed by atoms with Gasteiger partial charge in [-0.2, -0.15) is 0 Å². The lowest BCUT2D eigenvalue weighted by molar-refractivity contribution is 0.102. The second-order valence-corrected chi connectivity index (χ2v) is 5.95. The Hall–Kier alpha value is -1.40. The van der Waals surface area contributed by atoms with Gasteiger partial charge in [0.15, 0.2) is 0 Å². The molecule has 2 rings (SSSR count). The molecule has 4 nitrogen and oxygen atoms in total. The Kier molecular flexibility index (Phi) is 4.77. The third-order valence-electron chi connectivity index (χ3n) is 2.69. The highest BCUT2D eigenvalue weighted by molar-refractivity contribution is 9.10. The average molecular weight is 400 g/mol. The monoisotopic (exact) mass is 398 g/mol. The molecule has 0 aliphatic heterocycles. The second-order valence-electron chi connectivity index (χ2n) is 4.12. The number of nitrogens with one attached hydrogen (secondary N) is 1. The van der Waals surface area contributed by atoms with E-state index in [1.807, 2.05) is 13.0 Å². The topological polar surface area (TPSA) is 51.2 Å². The standard InChI is InChI=1S/C14H12Br2N2O2/c1-8-5-10(16)7-17-13(8)18-14(19)11-4-3-9(15)6-12(11)20-2/h3-7H,1-2H3,(H,17,18,19). The minimum Gasteiger partial charge on any atom is -0.496 e. The highest BCUT2D eigenvalue weighted by Crippen LogP contribution is 2.25. The summed E-state index contributed by atoms with van der Waals surface area (Å²) in [4.78, 5) is 16.5. The molecule has 0 radical (unpaired) electrons. The third kappa shape index (κ3) is 3.37. The molecule has 0 saturated heterocycles. The van der Waals surface area contributed by atoms with E-state index >= 15 is 0 Å². The first-order valence-corrected chi connectivity index (χ1v) is 7.37. The summed E-state index contributed by atoms with van der Waals surface area (Å²) in [6.45, 7) is 1.88. The first kappa shape index (κ1) is 15.0. The molecule has 1 amide bonds. The van der Waals surface area contributed by atoms with Crippen LogP contribution in [0.3, 0.4) is 0 Å². The molecule has 1 aromatic carbocycles. The van der Waals surface area contributed by atoms with Crippen LogP contribution in [-0.4, -0.2) is 18.0 Å². The van der Waals surface area contributed by atoms with Gasteiger partial charge in [-0.05, 0) is 52.7 Å². The van der Waals surface area contributed by atoms with Crippen LogP contribution in [-0.2, 0) is 0 Å². The SMILES string of the molecule is COc1cc(Br)ccc1C(=O)Nc1ncc(Br)cc1C. The Morgan fingerprint density at radius 2 is 2.00 bits per heavy atom. The number of amides is 1. The lowest BCUT2D eigenvalue weighted by atomic mass is 10.2. The maximum Gasteiger partial charge on any atom is 0.260 e. The fourth-order valence-corrected chi connectivity index (χ4v) is 2.48. The van der Waals surface area contributed by atoms with Crippen molar-refractivity contribution in [3.63, 3.8) is 0 Å². The lowest BCUT2D eigenvalue weighted by Crippen LogP contribution is -2.15. The number of hydrogen-bond donors (Lipinski definition) is 1. The molecule has 0 fully saturated rings. The van der Waals surface area contributed by atoms with E-state index in [1.165, 1.54) is 7.11 Å². The number of aryl methyl sites for hydroxylation is 1. The van der Waals surface area contributed by atoms with Crippen LogP contribution in [0.5, 0.6) is 5.75 Å². The number of carbonyl (C=O) groups is 1. The average Bonchev–Trinajstić information content (AvgIpc) is 2.41. The summed E-state index contributed by atoms with van der Waals surface area (Å²) in [6, 6.07) is 7.13. The normalized spacial score (nSPS) is 10.2. The van der Waals surface area contributed by atoms with Crippen molar-refractivity contribution in [1.82, 2.24) is 4.98 Å². The number of hydrogen-bond acceptors (Lipinski definition) is 3. The van der Waals surface area contributed by atoms with Crippen molar-refractivity contribution in [3.8, 4) is 5.75 Å². The van der Waals surface area contributed by atoms with Crippen LogP contribution >= 0.6 is 31.9 Å². The van der Waals surface area contributed by atoms with Gasteiger partial charge in [0.05, 0.1) is 12.7 Å². The highest BCUT2D eigenvalue weighted by atomic mass is 79.9. The first-order chi connectivity index (χ1) is 9.51. The van der Waals surface area contributed by atoms with Crippen molar-refractivity contribution in [2.24, 2.45) is 0 Å². The Morgan fingerprint density at radius 3 is 2.65 bits per heavy atom. The molecule has 6 heteroatoms. The van der Waals surface area contributed by atoms with Gasteiger partial charge in [0.25, 0.3) is 5.91 Å². The number of methoxy groups -OCH3 is 1. The third-order valence-corrected chi connectivity index (χ3v) is 3.61. The fraction of sp³-hybridized carbons (Fsp3) is 0.143. The number of pyridine rings is 1. The number of anilines is 1. The quantitative estimate of drug-likeness (QED) is 0.842. The van der Waals surface area contributed by atoms with Crippen LogP contribution in [0.2, 0.25) is 0 Å². The predicted octanol–water partition coefficient (Wildman–Crippen LogP) is 4.18. The molecule has 104 valence electrons. The molecule has 1 heterocycles. The van der Waals surface area contributed by atoms with E-state index in [4.69, 9.17) is 4.74 Å². The van der Waals surface area contributed by atoms with Crippen molar-refractivity contribution in [2.45, 2.75) is 6.92 Å². The van der Waals surface area contributed by atoms with Crippen LogP contribution in [0.25, 0.3) is 0 Å². The number of halogens is 2. The van der Waals surface area contributed by atoms with Crippen LogP contribution in [0, 0.1) is 6.92 Å². The van der Waals surface area contributed by atoms with Crippen molar-refractivity contribution in [1.29, 1.82) is 0 Å². The van der Waals surface area contributed by atoms with Crippen LogP contribution < -0.4 is 10.1 Å². The van der Waals surface area contributed by atoms with Gasteiger partial charge in [-0.3, -0.25) is 4.79 Å². The summed E-state index contributed by atoms with van der Waals surface area (Å²) in [5.74, 6) is 0.780. The molecule has 0 atom stereocenters. The summed E-state index contributed by atoms with van der Waals surface area (Å²) in [5.41, 5.74) is 1.34. The van der Waals surface area contributed by atoms with E-state index in [-0.39, 0.29) is 5.91 Å². The minimum atomic E-state index is -0.257. The summed E-state index contributed by atoms with van der Waals surface area (Å²) < 4.78 is 6.94. The van der Waals surface area contributed by atoms with E-state index in [0.29, 0.717) is 17.1 Å². The van der Waals surface area contributed by atoms with Gasteiger partial charge in [0.1, 0.15) is 11.6 Å². The van der Waals surface area contributed by atoms with Crippen molar-refractivity contribution in [3.05, 3.63) is 50.5 Å². The number of ether oxygens (including phenoxy) is 1. The number of nitrogens with zero attached hydrogens (tertiary/aromatic N) is 1. The van der Waals surface area contributed by atoms with Gasteiger partial charge in [0, 0.05) is 15.1 Å². The van der Waals surface area contributed by atoms with E-state index in [9.17, 15) is 4.79 Å². The number of benzene rings is 1. The molecule has 0 aliphatic rings.